The number of hydrogen-bond donors (Lipinski definition) is 1. The van der Waals surface area contributed by atoms with E-state index < -0.39 is 0 Å². The molecule has 2 fully saturated rings. The number of anilines is 2. The zero-order chi connectivity index (χ0) is 24.2. The van der Waals surface area contributed by atoms with Gasteiger partial charge in [0.25, 0.3) is 0 Å². The van der Waals surface area contributed by atoms with E-state index in [4.69, 9.17) is 0 Å². The zero-order valence-electron chi connectivity index (χ0n) is 20.3. The topological polar surface area (TPSA) is 64.6 Å². The van der Waals surface area contributed by atoms with Crippen molar-refractivity contribution in [1.82, 2.24) is 20.2 Å². The van der Waals surface area contributed by atoms with E-state index in [9.17, 15) is 9.18 Å². The van der Waals surface area contributed by atoms with Crippen molar-refractivity contribution < 1.29 is 9.18 Å². The predicted molar refractivity (Wildman–Crippen MR) is 140 cm³/mol. The summed E-state index contributed by atoms with van der Waals surface area (Å²) in [5, 5.41) is 4.26. The van der Waals surface area contributed by atoms with Crippen LogP contribution in [0.1, 0.15) is 24.6 Å². The van der Waals surface area contributed by atoms with Gasteiger partial charge in [0.1, 0.15) is 22.8 Å². The number of nitrogens with zero attached hydrogens (tertiary/aromatic N) is 5. The van der Waals surface area contributed by atoms with Crippen LogP contribution in [0.15, 0.2) is 36.7 Å². The Labute approximate surface area is 210 Å². The molecular formula is C26H33FN6OS. The number of rotatable bonds is 7. The molecule has 0 aliphatic carbocycles. The molecule has 0 spiro atoms. The van der Waals surface area contributed by atoms with E-state index in [1.807, 2.05) is 12.1 Å². The number of para-hydroxylation sites is 1. The molecule has 1 aromatic carbocycles. The van der Waals surface area contributed by atoms with Crippen LogP contribution in [0.5, 0.6) is 0 Å². The molecule has 1 amide bonds. The maximum absolute atomic E-state index is 14.1. The first kappa shape index (κ1) is 23.9. The van der Waals surface area contributed by atoms with Gasteiger partial charge in [0.15, 0.2) is 0 Å². The van der Waals surface area contributed by atoms with Crippen molar-refractivity contribution in [2.75, 3.05) is 62.2 Å². The van der Waals surface area contributed by atoms with Crippen molar-refractivity contribution in [2.24, 2.45) is 5.92 Å². The van der Waals surface area contributed by atoms with E-state index in [0.717, 1.165) is 74.6 Å². The number of hydrogen-bond acceptors (Lipinski definition) is 7. The van der Waals surface area contributed by atoms with Gasteiger partial charge in [-0.2, -0.15) is 0 Å². The molecule has 9 heteroatoms. The molecular weight excluding hydrogens is 463 g/mol. The van der Waals surface area contributed by atoms with Crippen molar-refractivity contribution in [1.29, 1.82) is 0 Å². The summed E-state index contributed by atoms with van der Waals surface area (Å²) < 4.78 is 14.1. The number of amides is 1. The van der Waals surface area contributed by atoms with E-state index in [1.165, 1.54) is 10.9 Å². The second-order valence-corrected chi connectivity index (χ2v) is 10.5. The van der Waals surface area contributed by atoms with Crippen LogP contribution in [0.25, 0.3) is 10.2 Å². The van der Waals surface area contributed by atoms with Gasteiger partial charge in [-0.1, -0.05) is 19.1 Å². The number of thiophene rings is 1. The van der Waals surface area contributed by atoms with Gasteiger partial charge in [0.05, 0.1) is 17.0 Å². The van der Waals surface area contributed by atoms with Crippen LogP contribution in [0.2, 0.25) is 0 Å². The molecule has 2 aromatic heterocycles. The lowest BCUT2D eigenvalue weighted by atomic mass is 9.97. The van der Waals surface area contributed by atoms with Crippen molar-refractivity contribution in [3.63, 3.8) is 0 Å². The van der Waals surface area contributed by atoms with Crippen molar-refractivity contribution in [3.8, 4) is 0 Å². The molecule has 4 heterocycles. The maximum atomic E-state index is 14.1. The summed E-state index contributed by atoms with van der Waals surface area (Å²) in [7, 11) is 0. The highest BCUT2D eigenvalue weighted by atomic mass is 32.1. The molecule has 7 nitrogen and oxygen atoms in total. The molecule has 1 atom stereocenters. The van der Waals surface area contributed by atoms with E-state index in [-0.39, 0.29) is 17.6 Å². The minimum atomic E-state index is -0.165. The minimum absolute atomic E-state index is 0.0315. The molecule has 0 bridgehead atoms. The van der Waals surface area contributed by atoms with Crippen LogP contribution in [0.3, 0.4) is 0 Å². The largest absolute Gasteiger partial charge is 0.367 e. The Morgan fingerprint density at radius 1 is 1.14 bits per heavy atom. The van der Waals surface area contributed by atoms with Crippen LogP contribution >= 0.6 is 11.3 Å². The van der Waals surface area contributed by atoms with Gasteiger partial charge >= 0.3 is 0 Å². The first-order valence-electron chi connectivity index (χ1n) is 12.6. The van der Waals surface area contributed by atoms with Crippen molar-refractivity contribution in [2.45, 2.75) is 26.2 Å². The molecule has 0 saturated carbocycles. The van der Waals surface area contributed by atoms with Gasteiger partial charge in [-0.3, -0.25) is 9.69 Å². The lowest BCUT2D eigenvalue weighted by Crippen LogP contribution is -2.49. The maximum Gasteiger partial charge on any atom is 0.224 e. The van der Waals surface area contributed by atoms with Gasteiger partial charge in [-0.25, -0.2) is 14.4 Å². The van der Waals surface area contributed by atoms with Crippen LogP contribution in [0, 0.1) is 11.7 Å². The van der Waals surface area contributed by atoms with Crippen molar-refractivity contribution >= 4 is 39.0 Å². The molecule has 186 valence electrons. The highest BCUT2D eigenvalue weighted by Gasteiger charge is 2.28. The number of carbonyl (C=O) groups is 1. The average molecular weight is 497 g/mol. The minimum Gasteiger partial charge on any atom is -0.367 e. The molecule has 1 N–H and O–H groups in total. The monoisotopic (exact) mass is 496 g/mol. The van der Waals surface area contributed by atoms with Crippen LogP contribution < -0.4 is 15.1 Å². The number of fused-ring (bicyclic) bond motifs is 1. The third-order valence-corrected chi connectivity index (χ3v) is 8.28. The Hall–Kier alpha value is -2.78. The summed E-state index contributed by atoms with van der Waals surface area (Å²) >= 11 is 1.72. The third kappa shape index (κ3) is 5.41. The Morgan fingerprint density at radius 2 is 1.97 bits per heavy atom. The highest BCUT2D eigenvalue weighted by molar-refractivity contribution is 7.18. The fourth-order valence-electron chi connectivity index (χ4n) is 5.10. The number of carbonyl (C=O) groups excluding carboxylic acids is 1. The van der Waals surface area contributed by atoms with Crippen LogP contribution in [0.4, 0.5) is 15.9 Å². The average Bonchev–Trinajstić information content (AvgIpc) is 3.33. The molecule has 3 aromatic rings. The van der Waals surface area contributed by atoms with Gasteiger partial charge in [-0.15, -0.1) is 11.3 Å². The zero-order valence-corrected chi connectivity index (χ0v) is 21.1. The molecule has 35 heavy (non-hydrogen) atoms. The molecule has 5 rings (SSSR count). The second kappa shape index (κ2) is 10.9. The SMILES string of the molecule is CCc1cc2c(N3CCC[C@@H](C(=O)NCCN4CCN(c5ccccc5F)CC4)C3)ncnc2s1. The number of aryl methyl sites for hydroxylation is 1. The number of nitrogens with one attached hydrogen (secondary N) is 1. The first-order valence-corrected chi connectivity index (χ1v) is 13.4. The lowest BCUT2D eigenvalue weighted by Gasteiger charge is -2.36. The number of benzene rings is 1. The summed E-state index contributed by atoms with van der Waals surface area (Å²) in [5.74, 6) is 0.888. The number of aromatic nitrogens is 2. The van der Waals surface area contributed by atoms with Crippen LogP contribution in [-0.2, 0) is 11.2 Å². The normalized spacial score (nSPS) is 19.3. The van der Waals surface area contributed by atoms with Gasteiger partial charge in [0.2, 0.25) is 5.91 Å². The Kier molecular flexibility index (Phi) is 7.43. The fraction of sp³-hybridized carbons (Fsp3) is 0.500. The lowest BCUT2D eigenvalue weighted by molar-refractivity contribution is -0.125. The Morgan fingerprint density at radius 3 is 2.77 bits per heavy atom. The quantitative estimate of drug-likeness (QED) is 0.540. The van der Waals surface area contributed by atoms with Gasteiger partial charge in [-0.05, 0) is 37.5 Å². The molecule has 2 aliphatic heterocycles. The summed E-state index contributed by atoms with van der Waals surface area (Å²) in [6, 6.07) is 9.15. The second-order valence-electron chi connectivity index (χ2n) is 9.34. The standard InChI is InChI=1S/C26H33FN6OS/c1-2-20-16-21-24(29-18-30-26(21)35-20)33-10-5-6-19(17-33)25(34)28-9-11-31-12-14-32(15-13-31)23-8-4-3-7-22(23)27/h3-4,7-8,16,18-19H,2,5-6,9-15,17H2,1H3,(H,28,34)/t19-/m1/s1. The third-order valence-electron chi connectivity index (χ3n) is 7.09. The number of piperidine rings is 1. The summed E-state index contributed by atoms with van der Waals surface area (Å²) in [6.45, 7) is 8.53. The predicted octanol–water partition coefficient (Wildman–Crippen LogP) is 3.55. The number of halogens is 1. The summed E-state index contributed by atoms with van der Waals surface area (Å²) in [4.78, 5) is 31.0. The molecule has 2 saturated heterocycles. The van der Waals surface area contributed by atoms with E-state index >= 15 is 0 Å². The molecule has 0 unspecified atom stereocenters. The smallest absolute Gasteiger partial charge is 0.224 e. The summed E-state index contributed by atoms with van der Waals surface area (Å²) in [5.41, 5.74) is 0.677. The van der Waals surface area contributed by atoms with E-state index in [0.29, 0.717) is 18.8 Å². The fourth-order valence-corrected chi connectivity index (χ4v) is 6.03. The summed E-state index contributed by atoms with van der Waals surface area (Å²) in [6.07, 6.45) is 4.51. The highest BCUT2D eigenvalue weighted by Crippen LogP contribution is 2.32. The van der Waals surface area contributed by atoms with E-state index in [2.05, 4.69) is 43.0 Å². The number of piperazine rings is 1. The molecule has 0 radical (unpaired) electrons. The molecule has 2 aliphatic rings. The van der Waals surface area contributed by atoms with Gasteiger partial charge < -0.3 is 15.1 Å². The van der Waals surface area contributed by atoms with Crippen LogP contribution in [-0.4, -0.2) is 73.1 Å². The Balaban J connectivity index is 1.10. The van der Waals surface area contributed by atoms with Crippen molar-refractivity contribution in [3.05, 3.63) is 47.4 Å². The first-order chi connectivity index (χ1) is 17.1. The van der Waals surface area contributed by atoms with Gasteiger partial charge in [0, 0.05) is 57.2 Å². The van der Waals surface area contributed by atoms with E-state index in [1.54, 1.807) is 23.7 Å². The Bertz CT molecular complexity index is 1160.